The van der Waals surface area contributed by atoms with Crippen molar-refractivity contribution >= 4 is 0 Å². The molecular formula is C30H34N2O4. The molecule has 3 aromatic carbocycles. The molecule has 0 saturated heterocycles. The van der Waals surface area contributed by atoms with Gasteiger partial charge in [0.15, 0.2) is 11.5 Å². The molecule has 1 aromatic heterocycles. The molecule has 0 bridgehead atoms. The summed E-state index contributed by atoms with van der Waals surface area (Å²) in [5.74, 6) is 1.88. The molecule has 6 heteroatoms. The van der Waals surface area contributed by atoms with Crippen molar-refractivity contribution in [3.05, 3.63) is 84.7 Å². The Morgan fingerprint density at radius 1 is 0.694 bits per heavy atom. The standard InChI is InChI=1S/C30H34N2O4/c1-33-26-18-17-25(29(34-2)30(26)35-3)21-36-20-12-6-11-19-32-22-31-27(23-13-7-4-8-14-23)28(32)24-15-9-5-10-16-24/h4-5,7-10,13-18,22H,6,11-12,19-21H2,1-3H3. The fourth-order valence-corrected chi connectivity index (χ4v) is 4.38. The largest absolute Gasteiger partial charge is 0.493 e. The summed E-state index contributed by atoms with van der Waals surface area (Å²) >= 11 is 0. The third-order valence-corrected chi connectivity index (χ3v) is 6.16. The Balaban J connectivity index is 1.32. The lowest BCUT2D eigenvalue weighted by Gasteiger charge is -2.15. The zero-order valence-electron chi connectivity index (χ0n) is 21.3. The fourth-order valence-electron chi connectivity index (χ4n) is 4.38. The normalized spacial score (nSPS) is 10.9. The van der Waals surface area contributed by atoms with Crippen LogP contribution in [0, 0.1) is 0 Å². The lowest BCUT2D eigenvalue weighted by Crippen LogP contribution is -2.03. The Bertz CT molecular complexity index is 1220. The molecule has 0 aliphatic carbocycles. The van der Waals surface area contributed by atoms with E-state index in [2.05, 4.69) is 53.1 Å². The van der Waals surface area contributed by atoms with Gasteiger partial charge in [0.2, 0.25) is 5.75 Å². The molecule has 1 heterocycles. The maximum Gasteiger partial charge on any atom is 0.203 e. The van der Waals surface area contributed by atoms with E-state index >= 15 is 0 Å². The van der Waals surface area contributed by atoms with Gasteiger partial charge in [-0.1, -0.05) is 60.7 Å². The summed E-state index contributed by atoms with van der Waals surface area (Å²) in [5, 5.41) is 0. The van der Waals surface area contributed by atoms with E-state index < -0.39 is 0 Å². The number of hydrogen-bond acceptors (Lipinski definition) is 5. The number of aromatic nitrogens is 2. The Kier molecular flexibility index (Phi) is 9.00. The smallest absolute Gasteiger partial charge is 0.203 e. The zero-order chi connectivity index (χ0) is 25.2. The van der Waals surface area contributed by atoms with Crippen molar-refractivity contribution in [1.82, 2.24) is 9.55 Å². The van der Waals surface area contributed by atoms with Gasteiger partial charge in [0, 0.05) is 29.8 Å². The van der Waals surface area contributed by atoms with Gasteiger partial charge >= 0.3 is 0 Å². The van der Waals surface area contributed by atoms with Crippen LogP contribution in [0.2, 0.25) is 0 Å². The van der Waals surface area contributed by atoms with Gasteiger partial charge in [-0.25, -0.2) is 4.98 Å². The Morgan fingerprint density at radius 3 is 2.06 bits per heavy atom. The average Bonchev–Trinajstić information content (AvgIpc) is 3.36. The van der Waals surface area contributed by atoms with Crippen molar-refractivity contribution in [3.8, 4) is 39.8 Å². The van der Waals surface area contributed by atoms with Gasteiger partial charge in [-0.15, -0.1) is 0 Å². The Morgan fingerprint density at radius 2 is 1.39 bits per heavy atom. The summed E-state index contributed by atoms with van der Waals surface area (Å²) in [6.45, 7) is 2.05. The first-order valence-corrected chi connectivity index (χ1v) is 12.3. The third-order valence-electron chi connectivity index (χ3n) is 6.16. The highest BCUT2D eigenvalue weighted by Gasteiger charge is 2.16. The SMILES string of the molecule is COc1ccc(COCCCCCn2cnc(-c3ccccc3)c2-c2ccccc2)c(OC)c1OC. The van der Waals surface area contributed by atoms with Crippen LogP contribution in [0.3, 0.4) is 0 Å². The van der Waals surface area contributed by atoms with E-state index in [1.54, 1.807) is 21.3 Å². The van der Waals surface area contributed by atoms with Gasteiger partial charge < -0.3 is 23.5 Å². The average molecular weight is 487 g/mol. The van der Waals surface area contributed by atoms with E-state index in [1.165, 1.54) is 11.3 Å². The van der Waals surface area contributed by atoms with Gasteiger partial charge in [0.05, 0.1) is 45.7 Å². The molecule has 0 spiro atoms. The van der Waals surface area contributed by atoms with Crippen LogP contribution in [0.5, 0.6) is 17.2 Å². The molecule has 0 saturated carbocycles. The predicted molar refractivity (Wildman–Crippen MR) is 143 cm³/mol. The number of rotatable bonds is 13. The monoisotopic (exact) mass is 486 g/mol. The van der Waals surface area contributed by atoms with Crippen LogP contribution >= 0.6 is 0 Å². The Hall–Kier alpha value is -3.77. The number of aryl methyl sites for hydroxylation is 1. The van der Waals surface area contributed by atoms with E-state index in [4.69, 9.17) is 23.9 Å². The minimum atomic E-state index is 0.462. The first-order chi connectivity index (χ1) is 17.8. The van der Waals surface area contributed by atoms with Crippen LogP contribution in [0.25, 0.3) is 22.5 Å². The van der Waals surface area contributed by atoms with Crippen LogP contribution in [0.1, 0.15) is 24.8 Å². The molecule has 0 unspecified atom stereocenters. The molecule has 0 atom stereocenters. The van der Waals surface area contributed by atoms with E-state index in [0.29, 0.717) is 30.5 Å². The van der Waals surface area contributed by atoms with Gasteiger partial charge in [0.25, 0.3) is 0 Å². The summed E-state index contributed by atoms with van der Waals surface area (Å²) in [6, 6.07) is 24.7. The second-order valence-corrected chi connectivity index (χ2v) is 8.47. The van der Waals surface area contributed by atoms with E-state index in [1.807, 2.05) is 30.6 Å². The highest BCUT2D eigenvalue weighted by molar-refractivity contribution is 5.78. The van der Waals surface area contributed by atoms with Crippen molar-refractivity contribution in [3.63, 3.8) is 0 Å². The maximum atomic E-state index is 5.95. The van der Waals surface area contributed by atoms with Crippen molar-refractivity contribution < 1.29 is 18.9 Å². The van der Waals surface area contributed by atoms with Gasteiger partial charge in [0.1, 0.15) is 0 Å². The van der Waals surface area contributed by atoms with Crippen molar-refractivity contribution in [2.45, 2.75) is 32.4 Å². The lowest BCUT2D eigenvalue weighted by molar-refractivity contribution is 0.114. The van der Waals surface area contributed by atoms with E-state index in [0.717, 1.165) is 42.6 Å². The third kappa shape index (κ3) is 5.89. The number of methoxy groups -OCH3 is 3. The second kappa shape index (κ2) is 12.8. The van der Waals surface area contributed by atoms with Gasteiger partial charge in [-0.05, 0) is 31.4 Å². The zero-order valence-corrected chi connectivity index (χ0v) is 21.3. The van der Waals surface area contributed by atoms with Gasteiger partial charge in [-0.2, -0.15) is 0 Å². The number of hydrogen-bond donors (Lipinski definition) is 0. The highest BCUT2D eigenvalue weighted by atomic mass is 16.5. The molecule has 36 heavy (non-hydrogen) atoms. The van der Waals surface area contributed by atoms with E-state index in [9.17, 15) is 0 Å². The molecule has 6 nitrogen and oxygen atoms in total. The van der Waals surface area contributed by atoms with Crippen LogP contribution in [-0.4, -0.2) is 37.5 Å². The number of nitrogens with zero attached hydrogens (tertiary/aromatic N) is 2. The van der Waals surface area contributed by atoms with Crippen LogP contribution in [0.4, 0.5) is 0 Å². The Labute approximate surface area is 213 Å². The summed E-state index contributed by atoms with van der Waals surface area (Å²) < 4.78 is 24.6. The topological polar surface area (TPSA) is 54.7 Å². The van der Waals surface area contributed by atoms with Crippen LogP contribution in [-0.2, 0) is 17.9 Å². The molecule has 0 amide bonds. The van der Waals surface area contributed by atoms with Crippen molar-refractivity contribution in [2.75, 3.05) is 27.9 Å². The quantitative estimate of drug-likeness (QED) is 0.199. The minimum Gasteiger partial charge on any atom is -0.493 e. The molecule has 4 rings (SSSR count). The molecule has 0 aliphatic heterocycles. The maximum absolute atomic E-state index is 5.95. The first-order valence-electron chi connectivity index (χ1n) is 12.3. The number of imidazole rings is 1. The molecular weight excluding hydrogens is 452 g/mol. The molecule has 0 fully saturated rings. The van der Waals surface area contributed by atoms with E-state index in [-0.39, 0.29) is 0 Å². The molecule has 0 aliphatic rings. The summed E-state index contributed by atoms with van der Waals surface area (Å²) in [7, 11) is 4.85. The summed E-state index contributed by atoms with van der Waals surface area (Å²) in [5.41, 5.74) is 5.44. The first kappa shape index (κ1) is 25.3. The number of ether oxygens (including phenoxy) is 4. The second-order valence-electron chi connectivity index (χ2n) is 8.47. The fraction of sp³-hybridized carbons (Fsp3) is 0.300. The van der Waals surface area contributed by atoms with Crippen molar-refractivity contribution in [2.24, 2.45) is 0 Å². The molecule has 188 valence electrons. The molecule has 0 N–H and O–H groups in total. The molecule has 4 aromatic rings. The predicted octanol–water partition coefficient (Wildman–Crippen LogP) is 6.63. The highest BCUT2D eigenvalue weighted by Crippen LogP contribution is 2.40. The summed E-state index contributed by atoms with van der Waals surface area (Å²) in [4.78, 5) is 4.77. The number of unbranched alkanes of at least 4 members (excludes halogenated alkanes) is 2. The minimum absolute atomic E-state index is 0.462. The number of benzene rings is 3. The summed E-state index contributed by atoms with van der Waals surface area (Å²) in [6.07, 6.45) is 5.06. The molecule has 0 radical (unpaired) electrons. The van der Waals surface area contributed by atoms with Gasteiger partial charge in [-0.3, -0.25) is 0 Å². The van der Waals surface area contributed by atoms with Crippen molar-refractivity contribution in [1.29, 1.82) is 0 Å². The van der Waals surface area contributed by atoms with Crippen LogP contribution < -0.4 is 14.2 Å². The lowest BCUT2D eigenvalue weighted by atomic mass is 10.0. The van der Waals surface area contributed by atoms with Crippen LogP contribution in [0.15, 0.2) is 79.1 Å².